The predicted molar refractivity (Wildman–Crippen MR) is 105 cm³/mol. The van der Waals surface area contributed by atoms with Gasteiger partial charge in [0, 0.05) is 56.1 Å². The normalized spacial score (nSPS) is 20.3. The van der Waals surface area contributed by atoms with Crippen molar-refractivity contribution in [2.75, 3.05) is 32.7 Å². The van der Waals surface area contributed by atoms with E-state index in [1.165, 1.54) is 12.3 Å². The number of carboxylic acids is 1. The summed E-state index contributed by atoms with van der Waals surface area (Å²) in [6.45, 7) is 6.48. The van der Waals surface area contributed by atoms with Crippen LogP contribution in [0.1, 0.15) is 53.8 Å². The minimum atomic E-state index is -1.26. The number of halogens is 1. The van der Waals surface area contributed by atoms with Crippen molar-refractivity contribution in [2.24, 2.45) is 0 Å². The second-order valence-electron chi connectivity index (χ2n) is 7.79. The third kappa shape index (κ3) is 3.51. The Labute approximate surface area is 163 Å². The summed E-state index contributed by atoms with van der Waals surface area (Å²) in [4.78, 5) is 28.6. The fourth-order valence-electron chi connectivity index (χ4n) is 4.19. The summed E-state index contributed by atoms with van der Waals surface area (Å²) in [5, 5.41) is 9.40. The number of piperazine rings is 1. The maximum Gasteiger partial charge on any atom is 0.341 e. The van der Waals surface area contributed by atoms with E-state index in [-0.39, 0.29) is 17.2 Å². The zero-order valence-electron chi connectivity index (χ0n) is 16.2. The summed E-state index contributed by atoms with van der Waals surface area (Å²) in [7, 11) is 0. The molecule has 28 heavy (non-hydrogen) atoms. The van der Waals surface area contributed by atoms with Crippen molar-refractivity contribution in [3.05, 3.63) is 50.8 Å². The van der Waals surface area contributed by atoms with Crippen LogP contribution in [0.15, 0.2) is 28.6 Å². The van der Waals surface area contributed by atoms with Gasteiger partial charge in [-0.15, -0.1) is 0 Å². The number of rotatable bonds is 5. The lowest BCUT2D eigenvalue weighted by atomic mass is 10.1. The summed E-state index contributed by atoms with van der Waals surface area (Å²) in [6.07, 6.45) is 7.98. The van der Waals surface area contributed by atoms with E-state index in [9.17, 15) is 14.7 Å². The zero-order valence-corrected chi connectivity index (χ0v) is 16.2. The Morgan fingerprint density at radius 3 is 2.57 bits per heavy atom. The molecule has 1 aromatic rings. The lowest BCUT2D eigenvalue weighted by Crippen LogP contribution is -2.46. The monoisotopic (exact) mass is 387 g/mol. The first kappa shape index (κ1) is 18.9. The number of fused-ring (bicyclic) bond motifs is 1. The van der Waals surface area contributed by atoms with Crippen LogP contribution in [0.5, 0.6) is 0 Å². The van der Waals surface area contributed by atoms with Gasteiger partial charge in [-0.05, 0) is 31.9 Å². The summed E-state index contributed by atoms with van der Waals surface area (Å²) in [6, 6.07) is 0.205. The molecule has 2 aliphatic carbocycles. The number of aromatic carboxylic acids is 1. The number of carboxylic acid groups (broad SMARTS) is 1. The number of pyridine rings is 1. The summed E-state index contributed by atoms with van der Waals surface area (Å²) in [5.41, 5.74) is 0.529. The van der Waals surface area contributed by atoms with Crippen molar-refractivity contribution in [3.8, 4) is 0 Å². The summed E-state index contributed by atoms with van der Waals surface area (Å²) in [5.74, 6) is -1.72. The molecule has 3 aliphatic rings. The van der Waals surface area contributed by atoms with Crippen LogP contribution in [-0.4, -0.2) is 58.2 Å². The maximum atomic E-state index is 15.1. The fourth-order valence-corrected chi connectivity index (χ4v) is 4.19. The van der Waals surface area contributed by atoms with Crippen molar-refractivity contribution in [2.45, 2.75) is 38.6 Å². The first-order valence-electron chi connectivity index (χ1n) is 10.1. The number of hydrogen-bond acceptors (Lipinski definition) is 4. The number of hydrogen-bond donors (Lipinski definition) is 1. The highest BCUT2D eigenvalue weighted by molar-refractivity contribution is 5.88. The lowest BCUT2D eigenvalue weighted by molar-refractivity contribution is 0.0694. The van der Waals surface area contributed by atoms with Crippen LogP contribution in [0.25, 0.3) is 6.08 Å². The quantitative estimate of drug-likeness (QED) is 0.842. The van der Waals surface area contributed by atoms with E-state index in [0.717, 1.165) is 52.0 Å². The Morgan fingerprint density at radius 1 is 1.25 bits per heavy atom. The van der Waals surface area contributed by atoms with Gasteiger partial charge >= 0.3 is 5.97 Å². The molecular formula is C21H26FN3O3. The van der Waals surface area contributed by atoms with E-state index >= 15 is 4.39 Å². The molecule has 0 atom stereocenters. The van der Waals surface area contributed by atoms with Gasteiger partial charge in [-0.1, -0.05) is 13.0 Å². The van der Waals surface area contributed by atoms with Crippen molar-refractivity contribution < 1.29 is 14.3 Å². The number of carbonyl (C=O) groups is 1. The third-order valence-corrected chi connectivity index (χ3v) is 5.81. The van der Waals surface area contributed by atoms with E-state index in [0.29, 0.717) is 17.8 Å². The molecule has 1 aliphatic heterocycles. The molecule has 1 saturated heterocycles. The van der Waals surface area contributed by atoms with Crippen molar-refractivity contribution in [1.82, 2.24) is 14.4 Å². The highest BCUT2D eigenvalue weighted by atomic mass is 19.1. The van der Waals surface area contributed by atoms with Gasteiger partial charge in [-0.25, -0.2) is 9.18 Å². The summed E-state index contributed by atoms with van der Waals surface area (Å²) >= 11 is 0. The highest BCUT2D eigenvalue weighted by Gasteiger charge is 2.30. The third-order valence-electron chi connectivity index (χ3n) is 5.81. The molecule has 150 valence electrons. The number of nitrogens with zero attached hydrogens (tertiary/aromatic N) is 3. The lowest BCUT2D eigenvalue weighted by Gasteiger charge is -2.36. The van der Waals surface area contributed by atoms with Crippen LogP contribution in [0.3, 0.4) is 0 Å². The molecule has 1 aromatic heterocycles. The standard InChI is InChI=1S/C21H26FN3O3/c1-2-7-23-8-10-24(11-9-23)19-6-5-18-15(12-17(19)22)20(26)16(21(27)28)13-25(18)14-3-4-14/h6,12-14H,2-5,7-11H2,1H3,(H,27,28). The maximum absolute atomic E-state index is 15.1. The molecule has 0 amide bonds. The van der Waals surface area contributed by atoms with Crippen molar-refractivity contribution in [1.29, 1.82) is 0 Å². The Kier molecular flexibility index (Phi) is 5.10. The molecule has 0 aromatic carbocycles. The minimum absolute atomic E-state index is 0.181. The molecule has 0 bridgehead atoms. The van der Waals surface area contributed by atoms with Gasteiger partial charge in [0.1, 0.15) is 11.4 Å². The molecular weight excluding hydrogens is 361 g/mol. The predicted octanol–water partition coefficient (Wildman–Crippen LogP) is 2.66. The Morgan fingerprint density at radius 2 is 1.96 bits per heavy atom. The average Bonchev–Trinajstić information content (AvgIpc) is 3.51. The molecule has 0 spiro atoms. The highest BCUT2D eigenvalue weighted by Crippen LogP contribution is 2.37. The average molecular weight is 387 g/mol. The topological polar surface area (TPSA) is 65.8 Å². The van der Waals surface area contributed by atoms with Gasteiger partial charge < -0.3 is 14.6 Å². The first-order chi connectivity index (χ1) is 13.5. The molecule has 4 rings (SSSR count). The molecule has 6 nitrogen and oxygen atoms in total. The Bertz CT molecular complexity index is 906. The van der Waals surface area contributed by atoms with Gasteiger partial charge in [0.05, 0.1) is 5.70 Å². The molecule has 1 N–H and O–H groups in total. The van der Waals surface area contributed by atoms with Crippen LogP contribution in [0, 0.1) is 0 Å². The molecule has 2 heterocycles. The second-order valence-corrected chi connectivity index (χ2v) is 7.79. The fraction of sp³-hybridized carbons (Fsp3) is 0.524. The molecule has 0 radical (unpaired) electrons. The number of allylic oxidation sites excluding steroid dienone is 2. The van der Waals surface area contributed by atoms with Crippen LogP contribution in [0.2, 0.25) is 0 Å². The van der Waals surface area contributed by atoms with Gasteiger partial charge in [0.25, 0.3) is 0 Å². The molecule has 1 saturated carbocycles. The van der Waals surface area contributed by atoms with E-state index < -0.39 is 17.2 Å². The smallest absolute Gasteiger partial charge is 0.341 e. The van der Waals surface area contributed by atoms with Gasteiger partial charge in [-0.3, -0.25) is 9.69 Å². The molecule has 0 unspecified atom stereocenters. The van der Waals surface area contributed by atoms with Gasteiger partial charge in [-0.2, -0.15) is 0 Å². The Balaban J connectivity index is 1.68. The van der Waals surface area contributed by atoms with Crippen molar-refractivity contribution in [3.63, 3.8) is 0 Å². The van der Waals surface area contributed by atoms with Crippen LogP contribution >= 0.6 is 0 Å². The van der Waals surface area contributed by atoms with E-state index in [1.807, 2.05) is 15.5 Å². The number of aromatic nitrogens is 1. The van der Waals surface area contributed by atoms with Crippen molar-refractivity contribution >= 4 is 12.0 Å². The molecule has 7 heteroatoms. The molecule has 2 fully saturated rings. The summed E-state index contributed by atoms with van der Waals surface area (Å²) < 4.78 is 17.0. The largest absolute Gasteiger partial charge is 0.477 e. The van der Waals surface area contributed by atoms with E-state index in [2.05, 4.69) is 11.8 Å². The zero-order chi connectivity index (χ0) is 19.8. The van der Waals surface area contributed by atoms with E-state index in [4.69, 9.17) is 0 Å². The second kappa shape index (κ2) is 7.54. The first-order valence-corrected chi connectivity index (χ1v) is 10.1. The van der Waals surface area contributed by atoms with E-state index in [1.54, 1.807) is 0 Å². The van der Waals surface area contributed by atoms with Crippen LogP contribution in [0.4, 0.5) is 4.39 Å². The Hall–Kier alpha value is -2.41. The minimum Gasteiger partial charge on any atom is -0.477 e. The van der Waals surface area contributed by atoms with Gasteiger partial charge in [0.15, 0.2) is 0 Å². The van der Waals surface area contributed by atoms with Gasteiger partial charge in [0.2, 0.25) is 5.43 Å². The van der Waals surface area contributed by atoms with Crippen LogP contribution in [-0.2, 0) is 6.42 Å². The SMILES string of the molecule is CCCN1CCN(C2=CCc3c(c(=O)c(C(=O)O)cn3C3CC3)C=C2F)CC1. The van der Waals surface area contributed by atoms with Crippen LogP contribution < -0.4 is 5.43 Å².